The Hall–Kier alpha value is -2.56. The van der Waals surface area contributed by atoms with Crippen LogP contribution in [0.3, 0.4) is 0 Å². The SMILES string of the molecule is C=Cc1c(N(C)C)cnn(Cc2ccc(OC)cc2)c1=O. The predicted molar refractivity (Wildman–Crippen MR) is 85.0 cm³/mol. The van der Waals surface area contributed by atoms with Gasteiger partial charge in [0.15, 0.2) is 0 Å². The Morgan fingerprint density at radius 2 is 2.00 bits per heavy atom. The lowest BCUT2D eigenvalue weighted by Gasteiger charge is -2.16. The van der Waals surface area contributed by atoms with E-state index in [0.717, 1.165) is 17.0 Å². The van der Waals surface area contributed by atoms with Gasteiger partial charge in [-0.3, -0.25) is 4.79 Å². The van der Waals surface area contributed by atoms with Gasteiger partial charge in [-0.2, -0.15) is 5.10 Å². The van der Waals surface area contributed by atoms with Crippen molar-refractivity contribution in [1.82, 2.24) is 9.78 Å². The largest absolute Gasteiger partial charge is 0.497 e. The van der Waals surface area contributed by atoms with Crippen LogP contribution in [0.25, 0.3) is 6.08 Å². The average molecular weight is 285 g/mol. The highest BCUT2D eigenvalue weighted by atomic mass is 16.5. The van der Waals surface area contributed by atoms with Crippen LogP contribution in [-0.2, 0) is 6.54 Å². The van der Waals surface area contributed by atoms with Gasteiger partial charge in [0, 0.05) is 14.1 Å². The first-order valence-electron chi connectivity index (χ1n) is 6.59. The second-order valence-electron chi connectivity index (χ2n) is 4.85. The van der Waals surface area contributed by atoms with E-state index in [4.69, 9.17) is 4.74 Å². The van der Waals surface area contributed by atoms with E-state index in [2.05, 4.69) is 11.7 Å². The van der Waals surface area contributed by atoms with Crippen LogP contribution in [-0.4, -0.2) is 31.0 Å². The standard InChI is InChI=1S/C16H19N3O2/c1-5-14-15(18(2)3)10-17-19(16(14)20)11-12-6-8-13(21-4)9-7-12/h5-10H,1,11H2,2-4H3. The summed E-state index contributed by atoms with van der Waals surface area (Å²) in [6.07, 6.45) is 3.26. The molecule has 0 radical (unpaired) electrons. The number of hydrogen-bond acceptors (Lipinski definition) is 4. The second-order valence-corrected chi connectivity index (χ2v) is 4.85. The Balaban J connectivity index is 2.36. The van der Waals surface area contributed by atoms with Crippen LogP contribution < -0.4 is 15.2 Å². The number of benzene rings is 1. The Kier molecular flexibility index (Phi) is 4.42. The molecule has 2 rings (SSSR count). The molecule has 5 nitrogen and oxygen atoms in total. The molecule has 2 aromatic rings. The van der Waals surface area contributed by atoms with Gasteiger partial charge >= 0.3 is 0 Å². The van der Waals surface area contributed by atoms with E-state index in [1.165, 1.54) is 4.68 Å². The van der Waals surface area contributed by atoms with E-state index in [-0.39, 0.29) is 5.56 Å². The van der Waals surface area contributed by atoms with Crippen molar-refractivity contribution in [1.29, 1.82) is 0 Å². The molecule has 1 heterocycles. The van der Waals surface area contributed by atoms with Crippen molar-refractivity contribution in [3.8, 4) is 5.75 Å². The summed E-state index contributed by atoms with van der Waals surface area (Å²) >= 11 is 0. The van der Waals surface area contributed by atoms with E-state index in [1.54, 1.807) is 19.4 Å². The highest BCUT2D eigenvalue weighted by molar-refractivity contribution is 5.64. The Bertz CT molecular complexity index is 688. The van der Waals surface area contributed by atoms with Crippen molar-refractivity contribution in [2.75, 3.05) is 26.1 Å². The molecule has 0 amide bonds. The zero-order valence-electron chi connectivity index (χ0n) is 12.5. The molecule has 21 heavy (non-hydrogen) atoms. The lowest BCUT2D eigenvalue weighted by Crippen LogP contribution is -2.28. The van der Waals surface area contributed by atoms with Gasteiger partial charge in [0.25, 0.3) is 5.56 Å². The van der Waals surface area contributed by atoms with Crippen molar-refractivity contribution >= 4 is 11.8 Å². The lowest BCUT2D eigenvalue weighted by molar-refractivity contribution is 0.414. The van der Waals surface area contributed by atoms with Crippen molar-refractivity contribution in [3.05, 3.63) is 58.5 Å². The molecule has 0 saturated heterocycles. The third-order valence-electron chi connectivity index (χ3n) is 3.24. The first kappa shape index (κ1) is 14.8. The molecule has 1 aromatic carbocycles. The maximum Gasteiger partial charge on any atom is 0.276 e. The summed E-state index contributed by atoms with van der Waals surface area (Å²) in [6, 6.07) is 7.56. The minimum absolute atomic E-state index is 0.146. The number of hydrogen-bond donors (Lipinski definition) is 0. The molecule has 0 spiro atoms. The van der Waals surface area contributed by atoms with Gasteiger partial charge < -0.3 is 9.64 Å². The number of methoxy groups -OCH3 is 1. The summed E-state index contributed by atoms with van der Waals surface area (Å²) in [7, 11) is 5.37. The van der Waals surface area contributed by atoms with Crippen LogP contribution in [0.5, 0.6) is 5.75 Å². The highest BCUT2D eigenvalue weighted by Gasteiger charge is 2.10. The van der Waals surface area contributed by atoms with Crippen LogP contribution in [0.4, 0.5) is 5.69 Å². The molecular weight excluding hydrogens is 266 g/mol. The first-order valence-corrected chi connectivity index (χ1v) is 6.59. The minimum atomic E-state index is -0.146. The number of ether oxygens (including phenoxy) is 1. The molecule has 0 N–H and O–H groups in total. The van der Waals surface area contributed by atoms with Gasteiger partial charge in [-0.05, 0) is 17.7 Å². The number of rotatable bonds is 5. The van der Waals surface area contributed by atoms with Crippen LogP contribution in [0.2, 0.25) is 0 Å². The molecule has 0 aliphatic rings. The predicted octanol–water partition coefficient (Wildman–Crippen LogP) is 2.01. The normalized spacial score (nSPS) is 10.2. The quantitative estimate of drug-likeness (QED) is 0.843. The summed E-state index contributed by atoms with van der Waals surface area (Å²) in [5, 5.41) is 4.23. The summed E-state index contributed by atoms with van der Waals surface area (Å²) in [5.74, 6) is 0.786. The van der Waals surface area contributed by atoms with E-state index in [1.807, 2.05) is 43.3 Å². The number of nitrogens with zero attached hydrogens (tertiary/aromatic N) is 3. The zero-order chi connectivity index (χ0) is 15.4. The molecule has 5 heteroatoms. The third kappa shape index (κ3) is 3.13. The van der Waals surface area contributed by atoms with E-state index in [0.29, 0.717) is 12.1 Å². The van der Waals surface area contributed by atoms with Crippen LogP contribution >= 0.6 is 0 Å². The van der Waals surface area contributed by atoms with E-state index in [9.17, 15) is 4.79 Å². The second kappa shape index (κ2) is 6.26. The monoisotopic (exact) mass is 285 g/mol. The van der Waals surface area contributed by atoms with Crippen molar-refractivity contribution in [3.63, 3.8) is 0 Å². The summed E-state index contributed by atoms with van der Waals surface area (Å²) < 4.78 is 6.56. The molecule has 0 aliphatic heterocycles. The topological polar surface area (TPSA) is 47.4 Å². The van der Waals surface area contributed by atoms with Crippen LogP contribution in [0, 0.1) is 0 Å². The highest BCUT2D eigenvalue weighted by Crippen LogP contribution is 2.15. The summed E-state index contributed by atoms with van der Waals surface area (Å²) in [6.45, 7) is 4.14. The smallest absolute Gasteiger partial charge is 0.276 e. The summed E-state index contributed by atoms with van der Waals surface area (Å²) in [5.41, 5.74) is 2.16. The van der Waals surface area contributed by atoms with Crippen molar-refractivity contribution in [2.24, 2.45) is 0 Å². The number of aromatic nitrogens is 2. The third-order valence-corrected chi connectivity index (χ3v) is 3.24. The van der Waals surface area contributed by atoms with E-state index >= 15 is 0 Å². The zero-order valence-corrected chi connectivity index (χ0v) is 12.5. The molecular formula is C16H19N3O2. The van der Waals surface area contributed by atoms with Gasteiger partial charge in [0.05, 0.1) is 31.1 Å². The Labute approximate surface area is 124 Å². The minimum Gasteiger partial charge on any atom is -0.497 e. The van der Waals surface area contributed by atoms with Gasteiger partial charge in [0.1, 0.15) is 5.75 Å². The molecule has 110 valence electrons. The van der Waals surface area contributed by atoms with Crippen LogP contribution in [0.1, 0.15) is 11.1 Å². The first-order chi connectivity index (χ1) is 10.1. The maximum atomic E-state index is 12.4. The van der Waals surface area contributed by atoms with Crippen LogP contribution in [0.15, 0.2) is 41.8 Å². The molecule has 0 atom stereocenters. The molecule has 0 aliphatic carbocycles. The van der Waals surface area contributed by atoms with E-state index < -0.39 is 0 Å². The molecule has 1 aromatic heterocycles. The van der Waals surface area contributed by atoms with Crippen molar-refractivity contribution < 1.29 is 4.74 Å². The van der Waals surface area contributed by atoms with Gasteiger partial charge in [-0.1, -0.05) is 24.8 Å². The molecule has 0 unspecified atom stereocenters. The fourth-order valence-corrected chi connectivity index (χ4v) is 2.06. The maximum absolute atomic E-state index is 12.4. The summed E-state index contributed by atoms with van der Waals surface area (Å²) in [4.78, 5) is 14.3. The van der Waals surface area contributed by atoms with Crippen molar-refractivity contribution in [2.45, 2.75) is 6.54 Å². The molecule has 0 bridgehead atoms. The van der Waals surface area contributed by atoms with Gasteiger partial charge in [-0.25, -0.2) is 4.68 Å². The average Bonchev–Trinajstić information content (AvgIpc) is 2.49. The molecule has 0 saturated carbocycles. The number of anilines is 1. The fraction of sp³-hybridized carbons (Fsp3) is 0.250. The Morgan fingerprint density at radius 3 is 2.52 bits per heavy atom. The van der Waals surface area contributed by atoms with Gasteiger partial charge in [0.2, 0.25) is 0 Å². The molecule has 0 fully saturated rings. The fourth-order valence-electron chi connectivity index (χ4n) is 2.06. The van der Waals surface area contributed by atoms with Gasteiger partial charge in [-0.15, -0.1) is 0 Å². The Morgan fingerprint density at radius 1 is 1.33 bits per heavy atom. The lowest BCUT2D eigenvalue weighted by atomic mass is 10.2.